The fraction of sp³-hybridized carbons (Fsp3) is 1.00. The molecule has 1 fully saturated rings. The average molecular weight is 180 g/mol. The van der Waals surface area contributed by atoms with Crippen LogP contribution in [0.1, 0.15) is 25.7 Å². The van der Waals surface area contributed by atoms with E-state index in [0.29, 0.717) is 13.1 Å². The van der Waals surface area contributed by atoms with Gasteiger partial charge in [-0.1, -0.05) is 0 Å². The highest BCUT2D eigenvalue weighted by Gasteiger charge is 2.17. The van der Waals surface area contributed by atoms with Crippen molar-refractivity contribution in [3.05, 3.63) is 0 Å². The third-order valence-electron chi connectivity index (χ3n) is 2.31. The van der Waals surface area contributed by atoms with E-state index in [1.807, 2.05) is 0 Å². The van der Waals surface area contributed by atoms with Crippen molar-refractivity contribution in [2.75, 3.05) is 19.0 Å². The molecule has 1 rings (SSSR count). The van der Waals surface area contributed by atoms with Gasteiger partial charge in [0.15, 0.2) is 0 Å². The number of hydrogen-bond donors (Lipinski definition) is 0. The summed E-state index contributed by atoms with van der Waals surface area (Å²) in [6, 6.07) is 0. The zero-order valence-corrected chi connectivity index (χ0v) is 7.49. The molecule has 1 saturated heterocycles. The predicted octanol–water partition coefficient (Wildman–Crippen LogP) is 2.60. The lowest BCUT2D eigenvalue weighted by Gasteiger charge is -2.25. The molecule has 0 spiro atoms. The van der Waals surface area contributed by atoms with Crippen LogP contribution in [0.15, 0.2) is 0 Å². The SMILES string of the molecule is FN1CCC(CCCCl)CC1. The van der Waals surface area contributed by atoms with E-state index < -0.39 is 0 Å². The summed E-state index contributed by atoms with van der Waals surface area (Å²) in [5, 5.41) is 0.914. The maximum absolute atomic E-state index is 12.5. The normalized spacial score (nSPS) is 22.4. The molecule has 0 bridgehead atoms. The molecule has 1 aliphatic heterocycles. The van der Waals surface area contributed by atoms with Crippen LogP contribution >= 0.6 is 11.6 Å². The monoisotopic (exact) mass is 179 g/mol. The van der Waals surface area contributed by atoms with Crippen molar-refractivity contribution in [1.29, 1.82) is 0 Å². The minimum absolute atomic E-state index is 0.618. The molecular weight excluding hydrogens is 165 g/mol. The highest BCUT2D eigenvalue weighted by atomic mass is 35.5. The largest absolute Gasteiger partial charge is 0.146 e. The molecule has 0 radical (unpaired) electrons. The summed E-state index contributed by atoms with van der Waals surface area (Å²) < 4.78 is 12.5. The van der Waals surface area contributed by atoms with Crippen molar-refractivity contribution in [3.8, 4) is 0 Å². The smallest absolute Gasteiger partial charge is 0.0293 e. The third-order valence-corrected chi connectivity index (χ3v) is 2.57. The van der Waals surface area contributed by atoms with Crippen molar-refractivity contribution in [2.24, 2.45) is 5.92 Å². The van der Waals surface area contributed by atoms with Gasteiger partial charge >= 0.3 is 0 Å². The van der Waals surface area contributed by atoms with Gasteiger partial charge in [0.1, 0.15) is 0 Å². The van der Waals surface area contributed by atoms with Crippen molar-refractivity contribution in [2.45, 2.75) is 25.7 Å². The highest BCUT2D eigenvalue weighted by molar-refractivity contribution is 6.17. The second-order valence-electron chi connectivity index (χ2n) is 3.18. The first-order chi connectivity index (χ1) is 5.33. The summed E-state index contributed by atoms with van der Waals surface area (Å²) in [6.07, 6.45) is 4.27. The topological polar surface area (TPSA) is 3.24 Å². The first-order valence-electron chi connectivity index (χ1n) is 4.29. The summed E-state index contributed by atoms with van der Waals surface area (Å²) in [5.41, 5.74) is 0. The number of nitrogens with zero attached hydrogens (tertiary/aromatic N) is 1. The van der Waals surface area contributed by atoms with Gasteiger partial charge in [0, 0.05) is 19.0 Å². The Balaban J connectivity index is 2.07. The molecule has 0 N–H and O–H groups in total. The van der Waals surface area contributed by atoms with Crippen LogP contribution in [0.25, 0.3) is 0 Å². The van der Waals surface area contributed by atoms with Gasteiger partial charge in [0.25, 0.3) is 0 Å². The summed E-state index contributed by atoms with van der Waals surface area (Å²) in [6.45, 7) is 1.24. The van der Waals surface area contributed by atoms with Crippen molar-refractivity contribution < 1.29 is 4.48 Å². The van der Waals surface area contributed by atoms with Crippen LogP contribution in [0.3, 0.4) is 0 Å². The van der Waals surface area contributed by atoms with Crippen LogP contribution in [-0.4, -0.2) is 24.1 Å². The standard InChI is InChI=1S/C8H15ClFN/c9-5-1-2-8-3-6-11(10)7-4-8/h8H,1-7H2. The van der Waals surface area contributed by atoms with Crippen molar-refractivity contribution in [1.82, 2.24) is 5.12 Å². The molecule has 0 saturated carbocycles. The Hall–Kier alpha value is 0.180. The Morgan fingerprint density at radius 2 is 2.00 bits per heavy atom. The van der Waals surface area contributed by atoms with Gasteiger partial charge in [-0.2, -0.15) is 0 Å². The minimum atomic E-state index is 0.618. The maximum atomic E-state index is 12.5. The molecule has 11 heavy (non-hydrogen) atoms. The molecule has 1 nitrogen and oxygen atoms in total. The van der Waals surface area contributed by atoms with Gasteiger partial charge in [-0.05, 0) is 31.6 Å². The molecule has 0 aromatic rings. The quantitative estimate of drug-likeness (QED) is 0.476. The van der Waals surface area contributed by atoms with Gasteiger partial charge in [-0.25, -0.2) is 0 Å². The fourth-order valence-corrected chi connectivity index (χ4v) is 1.71. The Morgan fingerprint density at radius 1 is 1.36 bits per heavy atom. The molecule has 0 unspecified atom stereocenters. The molecular formula is C8H15ClFN. The van der Waals surface area contributed by atoms with Gasteiger partial charge in [-0.3, -0.25) is 0 Å². The van der Waals surface area contributed by atoms with E-state index in [1.54, 1.807) is 0 Å². The Kier molecular flexibility index (Phi) is 4.16. The molecule has 1 heterocycles. The zero-order chi connectivity index (χ0) is 8.10. The highest BCUT2D eigenvalue weighted by Crippen LogP contribution is 2.21. The van der Waals surface area contributed by atoms with Crippen molar-refractivity contribution >= 4 is 11.6 Å². The number of halogens is 2. The lowest BCUT2D eigenvalue weighted by Crippen LogP contribution is -2.27. The number of hydrogen-bond acceptors (Lipinski definition) is 1. The van der Waals surface area contributed by atoms with Crippen LogP contribution in [0.5, 0.6) is 0 Å². The van der Waals surface area contributed by atoms with E-state index in [4.69, 9.17) is 11.6 Å². The first-order valence-corrected chi connectivity index (χ1v) is 4.83. The van der Waals surface area contributed by atoms with Crippen LogP contribution in [0.2, 0.25) is 0 Å². The molecule has 3 heteroatoms. The fourth-order valence-electron chi connectivity index (χ4n) is 1.56. The Labute approximate surface area is 72.5 Å². The molecule has 0 aromatic heterocycles. The molecule has 66 valence electrons. The van der Waals surface area contributed by atoms with E-state index in [2.05, 4.69) is 0 Å². The molecule has 1 aliphatic rings. The molecule has 0 amide bonds. The minimum Gasteiger partial charge on any atom is -0.146 e. The van der Waals surface area contributed by atoms with Crippen LogP contribution in [-0.2, 0) is 0 Å². The lowest BCUT2D eigenvalue weighted by molar-refractivity contribution is -0.00972. The maximum Gasteiger partial charge on any atom is 0.0293 e. The summed E-state index contributed by atoms with van der Waals surface area (Å²) in [5.74, 6) is 1.47. The zero-order valence-electron chi connectivity index (χ0n) is 6.73. The predicted molar refractivity (Wildman–Crippen MR) is 45.4 cm³/mol. The molecule has 0 atom stereocenters. The lowest BCUT2D eigenvalue weighted by atomic mass is 9.93. The molecule has 0 aliphatic carbocycles. The number of rotatable bonds is 3. The Morgan fingerprint density at radius 3 is 2.55 bits per heavy atom. The van der Waals surface area contributed by atoms with E-state index >= 15 is 0 Å². The third kappa shape index (κ3) is 3.39. The van der Waals surface area contributed by atoms with E-state index in [0.717, 1.165) is 36.2 Å². The summed E-state index contributed by atoms with van der Waals surface area (Å²) in [7, 11) is 0. The van der Waals surface area contributed by atoms with Crippen LogP contribution in [0.4, 0.5) is 4.48 Å². The van der Waals surface area contributed by atoms with Gasteiger partial charge in [0.2, 0.25) is 0 Å². The summed E-state index contributed by atoms with van der Waals surface area (Å²) in [4.78, 5) is 0. The Bertz CT molecular complexity index is 99.5. The van der Waals surface area contributed by atoms with Crippen LogP contribution < -0.4 is 0 Å². The average Bonchev–Trinajstić information content (AvgIpc) is 2.04. The second kappa shape index (κ2) is 4.94. The van der Waals surface area contributed by atoms with Crippen LogP contribution in [0, 0.1) is 5.92 Å². The van der Waals surface area contributed by atoms with Gasteiger partial charge < -0.3 is 0 Å². The van der Waals surface area contributed by atoms with E-state index in [1.165, 1.54) is 6.42 Å². The van der Waals surface area contributed by atoms with Crippen molar-refractivity contribution in [3.63, 3.8) is 0 Å². The van der Waals surface area contributed by atoms with E-state index in [-0.39, 0.29) is 0 Å². The number of alkyl halides is 1. The summed E-state index contributed by atoms with van der Waals surface area (Å²) >= 11 is 5.56. The van der Waals surface area contributed by atoms with Gasteiger partial charge in [0.05, 0.1) is 0 Å². The molecule has 0 aromatic carbocycles. The first kappa shape index (κ1) is 9.27. The number of piperidine rings is 1. The van der Waals surface area contributed by atoms with Gasteiger partial charge in [-0.15, -0.1) is 21.2 Å². The van der Waals surface area contributed by atoms with E-state index in [9.17, 15) is 4.48 Å². The second-order valence-corrected chi connectivity index (χ2v) is 3.56.